The van der Waals surface area contributed by atoms with Crippen molar-refractivity contribution in [3.8, 4) is 11.5 Å². The van der Waals surface area contributed by atoms with Gasteiger partial charge < -0.3 is 20.6 Å². The molecule has 1 saturated carbocycles. The van der Waals surface area contributed by atoms with E-state index in [1.54, 1.807) is 12.1 Å². The summed E-state index contributed by atoms with van der Waals surface area (Å²) in [5.41, 5.74) is -0.633. The minimum Gasteiger partial charge on any atom is -0.504 e. The zero-order valence-corrected chi connectivity index (χ0v) is 12.9. The van der Waals surface area contributed by atoms with E-state index in [9.17, 15) is 20.1 Å². The summed E-state index contributed by atoms with van der Waals surface area (Å²) >= 11 is 0. The average molecular weight is 315 g/mol. The molecule has 2 bridgehead atoms. The summed E-state index contributed by atoms with van der Waals surface area (Å²) < 4.78 is 0. The lowest BCUT2D eigenvalue weighted by Crippen LogP contribution is -2.75. The van der Waals surface area contributed by atoms with E-state index in [1.807, 2.05) is 0 Å². The van der Waals surface area contributed by atoms with Crippen LogP contribution in [0.5, 0.6) is 11.5 Å². The summed E-state index contributed by atoms with van der Waals surface area (Å²) in [7, 11) is 0. The molecular weight excluding hydrogens is 294 g/mol. The van der Waals surface area contributed by atoms with Crippen LogP contribution in [-0.2, 0) is 16.6 Å². The molecule has 5 heteroatoms. The first-order valence-electron chi connectivity index (χ1n) is 8.11. The predicted molar refractivity (Wildman–Crippen MR) is 84.4 cm³/mol. The van der Waals surface area contributed by atoms with Gasteiger partial charge in [0.1, 0.15) is 5.78 Å². The van der Waals surface area contributed by atoms with Gasteiger partial charge in [-0.05, 0) is 37.4 Å². The Balaban J connectivity index is 2.08. The summed E-state index contributed by atoms with van der Waals surface area (Å²) in [6.45, 7) is 4.48. The lowest BCUT2D eigenvalue weighted by atomic mass is 9.46. The van der Waals surface area contributed by atoms with Crippen LogP contribution in [0.25, 0.3) is 0 Å². The number of fused-ring (bicyclic) bond motifs is 1. The van der Waals surface area contributed by atoms with Gasteiger partial charge in [0.05, 0.1) is 5.60 Å². The Hall–Kier alpha value is -1.85. The summed E-state index contributed by atoms with van der Waals surface area (Å²) in [6, 6.07) is 3.09. The zero-order chi connectivity index (χ0) is 16.4. The van der Waals surface area contributed by atoms with E-state index in [0.29, 0.717) is 37.8 Å². The highest BCUT2D eigenvalue weighted by Gasteiger charge is 2.67. The topological polar surface area (TPSA) is 89.8 Å². The highest BCUT2D eigenvalue weighted by Crippen LogP contribution is 2.61. The van der Waals surface area contributed by atoms with Crippen LogP contribution < -0.4 is 5.32 Å². The number of rotatable bonds is 1. The molecule has 4 rings (SSSR count). The Bertz CT molecular complexity index is 715. The molecule has 1 saturated heterocycles. The second kappa shape index (κ2) is 4.58. The third kappa shape index (κ3) is 1.56. The Morgan fingerprint density at radius 3 is 2.83 bits per heavy atom. The predicted octanol–water partition coefficient (Wildman–Crippen LogP) is 1.15. The molecule has 1 aromatic carbocycles. The fraction of sp³-hybridized carbons (Fsp3) is 0.500. The van der Waals surface area contributed by atoms with Gasteiger partial charge in [0.2, 0.25) is 0 Å². The van der Waals surface area contributed by atoms with Crippen LogP contribution >= 0.6 is 0 Å². The second-order valence-corrected chi connectivity index (χ2v) is 7.00. The number of nitrogens with one attached hydrogen (secondary N) is 1. The van der Waals surface area contributed by atoms with E-state index in [-0.39, 0.29) is 23.3 Å². The van der Waals surface area contributed by atoms with Crippen LogP contribution in [0.15, 0.2) is 24.8 Å². The number of aliphatic hydroxyl groups is 1. The first kappa shape index (κ1) is 14.7. The molecule has 2 aliphatic carbocycles. The molecule has 4 atom stereocenters. The zero-order valence-electron chi connectivity index (χ0n) is 12.9. The highest BCUT2D eigenvalue weighted by atomic mass is 16.3. The standard InChI is InChI=1S/C18H21NO4/c1-2-11-12(20)5-6-18(23)14-9-10-3-4-13(21)16(22)15(10)17(11,18)7-8-19-14/h2-4,11,14,19,21-23H,1,5-9H2/t11-,14+,17+,18?/m0/s1. The number of aromatic hydroxyl groups is 2. The Kier molecular flexibility index (Phi) is 2.93. The van der Waals surface area contributed by atoms with Crippen molar-refractivity contribution in [2.45, 2.75) is 42.7 Å². The van der Waals surface area contributed by atoms with Crippen LogP contribution in [0, 0.1) is 5.92 Å². The van der Waals surface area contributed by atoms with Gasteiger partial charge in [0.15, 0.2) is 11.5 Å². The van der Waals surface area contributed by atoms with Gasteiger partial charge in [-0.25, -0.2) is 0 Å². The number of piperidine rings is 1. The van der Waals surface area contributed by atoms with Crippen molar-refractivity contribution < 1.29 is 20.1 Å². The SMILES string of the molecule is C=C[C@H]1C(=O)CCC2(O)[C@H]3Cc4ccc(O)c(O)c4[C@@]12CCN3. The van der Waals surface area contributed by atoms with Crippen molar-refractivity contribution in [3.63, 3.8) is 0 Å². The van der Waals surface area contributed by atoms with Gasteiger partial charge in [-0.2, -0.15) is 0 Å². The molecule has 0 aromatic heterocycles. The number of phenols is 2. The van der Waals surface area contributed by atoms with E-state index < -0.39 is 16.9 Å². The number of hydrogen-bond donors (Lipinski definition) is 4. The number of carbonyl (C=O) groups excluding carboxylic acids is 1. The summed E-state index contributed by atoms with van der Waals surface area (Å²) in [5.74, 6) is -0.931. The molecule has 2 fully saturated rings. The monoisotopic (exact) mass is 315 g/mol. The number of hydrogen-bond acceptors (Lipinski definition) is 5. The lowest BCUT2D eigenvalue weighted by molar-refractivity contribution is -0.159. The smallest absolute Gasteiger partial charge is 0.161 e. The van der Waals surface area contributed by atoms with Gasteiger partial charge in [-0.1, -0.05) is 12.1 Å². The van der Waals surface area contributed by atoms with Gasteiger partial charge in [0, 0.05) is 29.4 Å². The maximum absolute atomic E-state index is 12.6. The van der Waals surface area contributed by atoms with Gasteiger partial charge in [-0.15, -0.1) is 6.58 Å². The number of benzene rings is 1. The van der Waals surface area contributed by atoms with Crippen molar-refractivity contribution in [1.29, 1.82) is 0 Å². The number of allylic oxidation sites excluding steroid dienone is 1. The normalized spacial score (nSPS) is 38.6. The van der Waals surface area contributed by atoms with Crippen LogP contribution in [-0.4, -0.2) is 39.3 Å². The Morgan fingerprint density at radius 2 is 2.09 bits per heavy atom. The molecule has 1 unspecified atom stereocenters. The molecule has 0 amide bonds. The molecule has 3 aliphatic rings. The highest BCUT2D eigenvalue weighted by molar-refractivity contribution is 5.87. The third-order valence-electron chi connectivity index (χ3n) is 6.24. The maximum atomic E-state index is 12.6. The molecule has 0 spiro atoms. The molecule has 1 heterocycles. The largest absolute Gasteiger partial charge is 0.504 e. The fourth-order valence-corrected chi connectivity index (χ4v) is 5.29. The molecule has 1 aliphatic heterocycles. The van der Waals surface area contributed by atoms with Gasteiger partial charge >= 0.3 is 0 Å². The van der Waals surface area contributed by atoms with Gasteiger partial charge in [-0.3, -0.25) is 4.79 Å². The van der Waals surface area contributed by atoms with E-state index in [0.717, 1.165) is 5.56 Å². The number of ketones is 1. The quantitative estimate of drug-likeness (QED) is 0.461. The molecular formula is C18H21NO4. The van der Waals surface area contributed by atoms with Crippen molar-refractivity contribution in [1.82, 2.24) is 5.32 Å². The molecule has 0 radical (unpaired) electrons. The molecule has 4 N–H and O–H groups in total. The van der Waals surface area contributed by atoms with E-state index in [1.165, 1.54) is 6.07 Å². The van der Waals surface area contributed by atoms with E-state index >= 15 is 0 Å². The van der Waals surface area contributed by atoms with E-state index in [2.05, 4.69) is 11.9 Å². The second-order valence-electron chi connectivity index (χ2n) is 7.00. The average Bonchev–Trinajstić information content (AvgIpc) is 2.51. The van der Waals surface area contributed by atoms with Crippen LogP contribution in [0.2, 0.25) is 0 Å². The molecule has 122 valence electrons. The molecule has 5 nitrogen and oxygen atoms in total. The third-order valence-corrected chi connectivity index (χ3v) is 6.24. The van der Waals surface area contributed by atoms with Crippen molar-refractivity contribution in [2.24, 2.45) is 5.92 Å². The number of phenolic OH excluding ortho intramolecular Hbond substituents is 2. The summed E-state index contributed by atoms with van der Waals surface area (Å²) in [6.07, 6.45) is 3.36. The molecule has 23 heavy (non-hydrogen) atoms. The summed E-state index contributed by atoms with van der Waals surface area (Å²) in [4.78, 5) is 12.6. The van der Waals surface area contributed by atoms with Crippen LogP contribution in [0.4, 0.5) is 0 Å². The summed E-state index contributed by atoms with van der Waals surface area (Å²) in [5, 5.41) is 35.6. The first-order valence-corrected chi connectivity index (χ1v) is 8.11. The van der Waals surface area contributed by atoms with Gasteiger partial charge in [0.25, 0.3) is 0 Å². The molecule has 1 aromatic rings. The lowest BCUT2D eigenvalue weighted by Gasteiger charge is -2.62. The minimum atomic E-state index is -1.13. The van der Waals surface area contributed by atoms with Crippen LogP contribution in [0.3, 0.4) is 0 Å². The Morgan fingerprint density at radius 1 is 1.30 bits per heavy atom. The maximum Gasteiger partial charge on any atom is 0.161 e. The minimum absolute atomic E-state index is 0.0425. The fourth-order valence-electron chi connectivity index (χ4n) is 5.29. The van der Waals surface area contributed by atoms with Crippen LogP contribution in [0.1, 0.15) is 30.4 Å². The van der Waals surface area contributed by atoms with Crippen molar-refractivity contribution in [2.75, 3.05) is 6.54 Å². The Labute approximate surface area is 134 Å². The number of Topliss-reactive ketones (excluding diaryl/α,β-unsaturated/α-hetero) is 1. The number of carbonyl (C=O) groups is 1. The first-order chi connectivity index (χ1) is 11.0. The van der Waals surface area contributed by atoms with E-state index in [4.69, 9.17) is 0 Å². The van der Waals surface area contributed by atoms with Crippen molar-refractivity contribution >= 4 is 5.78 Å². The van der Waals surface area contributed by atoms with Crippen molar-refractivity contribution in [3.05, 3.63) is 35.9 Å².